The van der Waals surface area contributed by atoms with Crippen molar-refractivity contribution in [2.75, 3.05) is 5.32 Å². The van der Waals surface area contributed by atoms with E-state index >= 15 is 0 Å². The zero-order valence-corrected chi connectivity index (χ0v) is 12.5. The third-order valence-electron chi connectivity index (χ3n) is 3.99. The Morgan fingerprint density at radius 3 is 2.62 bits per heavy atom. The Morgan fingerprint density at radius 2 is 1.81 bits per heavy atom. The summed E-state index contributed by atoms with van der Waals surface area (Å²) in [5.74, 6) is 1.28. The van der Waals surface area contributed by atoms with Gasteiger partial charge in [-0.2, -0.15) is 0 Å². The second kappa shape index (κ2) is 5.17. The lowest BCUT2D eigenvalue weighted by molar-refractivity contribution is 0.467. The molecule has 1 heterocycles. The van der Waals surface area contributed by atoms with Crippen LogP contribution in [0.2, 0.25) is 0 Å². The van der Waals surface area contributed by atoms with E-state index in [1.807, 2.05) is 51.1 Å². The highest BCUT2D eigenvalue weighted by Crippen LogP contribution is 2.30. The topological polar surface area (TPSA) is 45.4 Å². The number of aryl methyl sites for hydroxylation is 2. The third-order valence-corrected chi connectivity index (χ3v) is 3.99. The predicted octanol–water partition coefficient (Wildman–Crippen LogP) is 4.68. The molecule has 108 valence electrons. The van der Waals surface area contributed by atoms with Crippen LogP contribution in [0.1, 0.15) is 22.5 Å². The first-order valence-corrected chi connectivity index (χ1v) is 7.08. The molecule has 0 aliphatic heterocycles. The number of fused-ring (bicyclic) bond motifs is 1. The van der Waals surface area contributed by atoms with E-state index in [9.17, 15) is 5.11 Å². The first-order valence-electron chi connectivity index (χ1n) is 7.08. The van der Waals surface area contributed by atoms with Crippen LogP contribution in [-0.2, 0) is 6.54 Å². The predicted molar refractivity (Wildman–Crippen MR) is 85.9 cm³/mol. The van der Waals surface area contributed by atoms with E-state index in [4.69, 9.17) is 4.42 Å². The molecule has 0 aliphatic rings. The lowest BCUT2D eigenvalue weighted by atomic mass is 10.1. The van der Waals surface area contributed by atoms with Crippen molar-refractivity contribution in [1.82, 2.24) is 0 Å². The molecule has 3 aromatic rings. The molecule has 0 saturated heterocycles. The van der Waals surface area contributed by atoms with Crippen LogP contribution in [0.5, 0.6) is 5.75 Å². The standard InChI is InChI=1S/C18H19NO2/c1-11-8-9-16(12(2)18(11)20)19-10-15-13(3)21-17-7-5-4-6-14(15)17/h4-9,19-20H,10H2,1-3H3. The lowest BCUT2D eigenvalue weighted by Crippen LogP contribution is -2.02. The molecule has 0 unspecified atom stereocenters. The van der Waals surface area contributed by atoms with Gasteiger partial charge in [-0.1, -0.05) is 24.3 Å². The van der Waals surface area contributed by atoms with Crippen molar-refractivity contribution in [2.45, 2.75) is 27.3 Å². The summed E-state index contributed by atoms with van der Waals surface area (Å²) in [6, 6.07) is 12.0. The first kappa shape index (κ1) is 13.6. The van der Waals surface area contributed by atoms with Gasteiger partial charge in [0.05, 0.1) is 0 Å². The van der Waals surface area contributed by atoms with Crippen molar-refractivity contribution in [3.63, 3.8) is 0 Å². The van der Waals surface area contributed by atoms with Gasteiger partial charge in [0.2, 0.25) is 0 Å². The molecule has 3 nitrogen and oxygen atoms in total. The van der Waals surface area contributed by atoms with E-state index in [1.165, 1.54) is 0 Å². The van der Waals surface area contributed by atoms with E-state index in [0.29, 0.717) is 12.3 Å². The molecule has 0 spiro atoms. The number of aromatic hydroxyl groups is 1. The molecule has 0 bridgehead atoms. The summed E-state index contributed by atoms with van der Waals surface area (Å²) in [6.45, 7) is 6.48. The number of phenols is 1. The fraction of sp³-hybridized carbons (Fsp3) is 0.222. The molecule has 0 radical (unpaired) electrons. The van der Waals surface area contributed by atoms with Gasteiger partial charge < -0.3 is 14.8 Å². The molecular weight excluding hydrogens is 262 g/mol. The highest BCUT2D eigenvalue weighted by Gasteiger charge is 2.11. The maximum atomic E-state index is 10.0. The van der Waals surface area contributed by atoms with Gasteiger partial charge >= 0.3 is 0 Å². The van der Waals surface area contributed by atoms with Crippen LogP contribution in [0, 0.1) is 20.8 Å². The maximum Gasteiger partial charge on any atom is 0.134 e. The molecule has 0 aliphatic carbocycles. The van der Waals surface area contributed by atoms with E-state index in [0.717, 1.165) is 39.1 Å². The highest BCUT2D eigenvalue weighted by atomic mass is 16.3. The monoisotopic (exact) mass is 281 g/mol. The molecule has 0 saturated carbocycles. The van der Waals surface area contributed by atoms with Crippen molar-refractivity contribution in [3.8, 4) is 5.75 Å². The normalized spacial score (nSPS) is 11.0. The fourth-order valence-corrected chi connectivity index (χ4v) is 2.65. The summed E-state index contributed by atoms with van der Waals surface area (Å²) >= 11 is 0. The van der Waals surface area contributed by atoms with Crippen LogP contribution < -0.4 is 5.32 Å². The zero-order chi connectivity index (χ0) is 15.0. The van der Waals surface area contributed by atoms with Crippen molar-refractivity contribution < 1.29 is 9.52 Å². The maximum absolute atomic E-state index is 10.0. The van der Waals surface area contributed by atoms with Gasteiger partial charge in [0.25, 0.3) is 0 Å². The molecule has 1 aromatic heterocycles. The van der Waals surface area contributed by atoms with E-state index in [1.54, 1.807) is 0 Å². The van der Waals surface area contributed by atoms with Crippen LogP contribution in [0.25, 0.3) is 11.0 Å². The second-order valence-corrected chi connectivity index (χ2v) is 5.39. The Balaban J connectivity index is 1.91. The summed E-state index contributed by atoms with van der Waals surface area (Å²) in [6.07, 6.45) is 0. The van der Waals surface area contributed by atoms with Gasteiger partial charge in [0.1, 0.15) is 17.1 Å². The van der Waals surface area contributed by atoms with Crippen molar-refractivity contribution in [1.29, 1.82) is 0 Å². The number of hydrogen-bond donors (Lipinski definition) is 2. The highest BCUT2D eigenvalue weighted by molar-refractivity contribution is 5.82. The number of rotatable bonds is 3. The van der Waals surface area contributed by atoms with Gasteiger partial charge in [-0.25, -0.2) is 0 Å². The third kappa shape index (κ3) is 2.35. The SMILES string of the molecule is Cc1ccc(NCc2c(C)oc3ccccc23)c(C)c1O. The molecular formula is C18H19NO2. The number of furan rings is 1. The van der Waals surface area contributed by atoms with Crippen LogP contribution in [-0.4, -0.2) is 5.11 Å². The molecule has 3 heteroatoms. The Kier molecular flexibility index (Phi) is 3.34. The number of phenolic OH excluding ortho intramolecular Hbond substituents is 1. The quantitative estimate of drug-likeness (QED) is 0.733. The van der Waals surface area contributed by atoms with Crippen molar-refractivity contribution >= 4 is 16.7 Å². The molecule has 3 rings (SSSR count). The number of nitrogens with one attached hydrogen (secondary N) is 1. The molecule has 2 aromatic carbocycles. The Labute approximate surface area is 124 Å². The number of para-hydroxylation sites is 1. The smallest absolute Gasteiger partial charge is 0.134 e. The van der Waals surface area contributed by atoms with Gasteiger partial charge in [0.15, 0.2) is 0 Å². The first-order chi connectivity index (χ1) is 10.1. The van der Waals surface area contributed by atoms with Crippen LogP contribution in [0.4, 0.5) is 5.69 Å². The van der Waals surface area contributed by atoms with Gasteiger partial charge in [-0.05, 0) is 38.5 Å². The minimum absolute atomic E-state index is 0.355. The summed E-state index contributed by atoms with van der Waals surface area (Å²) in [4.78, 5) is 0. The molecule has 0 amide bonds. The average Bonchev–Trinajstić information content (AvgIpc) is 2.80. The van der Waals surface area contributed by atoms with E-state index < -0.39 is 0 Å². The minimum atomic E-state index is 0.355. The number of hydrogen-bond acceptors (Lipinski definition) is 3. The van der Waals surface area contributed by atoms with Gasteiger partial charge in [-0.3, -0.25) is 0 Å². The number of benzene rings is 2. The molecule has 0 fully saturated rings. The van der Waals surface area contributed by atoms with E-state index in [2.05, 4.69) is 11.4 Å². The summed E-state index contributed by atoms with van der Waals surface area (Å²) in [7, 11) is 0. The van der Waals surface area contributed by atoms with Gasteiger partial charge in [0, 0.05) is 28.7 Å². The van der Waals surface area contributed by atoms with Gasteiger partial charge in [-0.15, -0.1) is 0 Å². The van der Waals surface area contributed by atoms with Crippen molar-refractivity contribution in [3.05, 3.63) is 58.8 Å². The molecule has 21 heavy (non-hydrogen) atoms. The second-order valence-electron chi connectivity index (χ2n) is 5.39. The van der Waals surface area contributed by atoms with Crippen LogP contribution in [0.3, 0.4) is 0 Å². The zero-order valence-electron chi connectivity index (χ0n) is 12.5. The lowest BCUT2D eigenvalue weighted by Gasteiger charge is -2.12. The summed E-state index contributed by atoms with van der Waals surface area (Å²) in [5, 5.41) is 14.5. The Morgan fingerprint density at radius 1 is 1.05 bits per heavy atom. The summed E-state index contributed by atoms with van der Waals surface area (Å²) < 4.78 is 5.77. The Hall–Kier alpha value is -2.42. The largest absolute Gasteiger partial charge is 0.507 e. The minimum Gasteiger partial charge on any atom is -0.507 e. The Bertz CT molecular complexity index is 802. The average molecular weight is 281 g/mol. The molecule has 2 N–H and O–H groups in total. The van der Waals surface area contributed by atoms with Crippen molar-refractivity contribution in [2.24, 2.45) is 0 Å². The molecule has 0 atom stereocenters. The fourth-order valence-electron chi connectivity index (χ4n) is 2.65. The van der Waals surface area contributed by atoms with E-state index in [-0.39, 0.29) is 0 Å². The number of anilines is 1. The van der Waals surface area contributed by atoms with Crippen LogP contribution >= 0.6 is 0 Å². The summed E-state index contributed by atoms with van der Waals surface area (Å²) in [5.41, 5.74) is 4.78. The van der Waals surface area contributed by atoms with Crippen LogP contribution in [0.15, 0.2) is 40.8 Å².